The third-order valence-electron chi connectivity index (χ3n) is 3.15. The van der Waals surface area contributed by atoms with E-state index in [1.165, 1.54) is 12.1 Å². The fourth-order valence-electron chi connectivity index (χ4n) is 2.17. The Labute approximate surface area is 125 Å². The zero-order valence-corrected chi connectivity index (χ0v) is 12.5. The molecule has 5 nitrogen and oxygen atoms in total. The van der Waals surface area contributed by atoms with Gasteiger partial charge in [0.15, 0.2) is 0 Å². The van der Waals surface area contributed by atoms with E-state index < -0.39 is 5.97 Å². The maximum Gasteiger partial charge on any atom is 0.335 e. The molecule has 2 N–H and O–H groups in total. The molecule has 0 aromatic heterocycles. The molecule has 0 radical (unpaired) electrons. The molecular formula is C14H16BrNO4. The molecule has 1 aromatic rings. The Bertz CT molecular complexity index is 512. The highest BCUT2D eigenvalue weighted by atomic mass is 79.9. The summed E-state index contributed by atoms with van der Waals surface area (Å²) >= 11 is 3.23. The van der Waals surface area contributed by atoms with Crippen molar-refractivity contribution in [1.29, 1.82) is 0 Å². The normalized spacial score (nSPS) is 17.9. The van der Waals surface area contributed by atoms with Crippen LogP contribution in [0, 0.1) is 0 Å². The number of amides is 1. The third-order valence-corrected chi connectivity index (χ3v) is 3.60. The first-order chi connectivity index (χ1) is 9.54. The van der Waals surface area contributed by atoms with Crippen molar-refractivity contribution < 1.29 is 19.4 Å². The zero-order chi connectivity index (χ0) is 14.5. The van der Waals surface area contributed by atoms with Crippen LogP contribution in [0.25, 0.3) is 0 Å². The van der Waals surface area contributed by atoms with Crippen LogP contribution in [-0.4, -0.2) is 29.7 Å². The van der Waals surface area contributed by atoms with Gasteiger partial charge in [0.25, 0.3) is 0 Å². The van der Waals surface area contributed by atoms with Crippen molar-refractivity contribution in [3.63, 3.8) is 0 Å². The van der Waals surface area contributed by atoms with E-state index in [2.05, 4.69) is 21.2 Å². The lowest BCUT2D eigenvalue weighted by Crippen LogP contribution is -2.15. The molecule has 0 bridgehead atoms. The summed E-state index contributed by atoms with van der Waals surface area (Å²) in [6.07, 6.45) is 3.32. The predicted octanol–water partition coefficient (Wildman–Crippen LogP) is 3.05. The van der Waals surface area contributed by atoms with Crippen molar-refractivity contribution in [2.24, 2.45) is 0 Å². The number of aromatic carboxylic acids is 1. The summed E-state index contributed by atoms with van der Waals surface area (Å²) in [7, 11) is 0. The van der Waals surface area contributed by atoms with Crippen molar-refractivity contribution in [3.8, 4) is 0 Å². The van der Waals surface area contributed by atoms with Crippen molar-refractivity contribution in [3.05, 3.63) is 28.2 Å². The van der Waals surface area contributed by atoms with Crippen LogP contribution >= 0.6 is 15.9 Å². The van der Waals surface area contributed by atoms with Gasteiger partial charge in [-0.2, -0.15) is 0 Å². The van der Waals surface area contributed by atoms with Gasteiger partial charge in [0, 0.05) is 23.2 Å². The molecule has 108 valence electrons. The smallest absolute Gasteiger partial charge is 0.335 e. The number of carboxylic acid groups (broad SMARTS) is 1. The van der Waals surface area contributed by atoms with Gasteiger partial charge < -0.3 is 15.2 Å². The molecule has 0 saturated carbocycles. The molecule has 1 saturated heterocycles. The van der Waals surface area contributed by atoms with Gasteiger partial charge in [-0.05, 0) is 37.5 Å². The van der Waals surface area contributed by atoms with E-state index in [1.807, 2.05) is 0 Å². The number of benzene rings is 1. The van der Waals surface area contributed by atoms with Gasteiger partial charge in [-0.15, -0.1) is 0 Å². The number of nitrogens with one attached hydrogen (secondary N) is 1. The van der Waals surface area contributed by atoms with Crippen LogP contribution in [0.1, 0.15) is 36.0 Å². The lowest BCUT2D eigenvalue weighted by molar-refractivity contribution is -0.116. The summed E-state index contributed by atoms with van der Waals surface area (Å²) in [5, 5.41) is 11.7. The number of ether oxygens (including phenoxy) is 1. The Kier molecular flexibility index (Phi) is 5.14. The summed E-state index contributed by atoms with van der Waals surface area (Å²) in [6.45, 7) is 0.778. The van der Waals surface area contributed by atoms with E-state index in [0.29, 0.717) is 23.0 Å². The third kappa shape index (κ3) is 4.31. The number of carbonyl (C=O) groups is 2. The number of carboxylic acids is 1. The summed E-state index contributed by atoms with van der Waals surface area (Å²) in [6, 6.07) is 4.61. The van der Waals surface area contributed by atoms with E-state index in [9.17, 15) is 9.59 Å². The average Bonchev–Trinajstić information content (AvgIpc) is 2.88. The largest absolute Gasteiger partial charge is 0.478 e. The van der Waals surface area contributed by atoms with Crippen LogP contribution in [0.3, 0.4) is 0 Å². The van der Waals surface area contributed by atoms with E-state index >= 15 is 0 Å². The van der Waals surface area contributed by atoms with Crippen LogP contribution in [0.4, 0.5) is 5.69 Å². The molecule has 1 unspecified atom stereocenters. The monoisotopic (exact) mass is 341 g/mol. The van der Waals surface area contributed by atoms with Crippen molar-refractivity contribution in [2.75, 3.05) is 11.9 Å². The van der Waals surface area contributed by atoms with Crippen molar-refractivity contribution in [1.82, 2.24) is 0 Å². The number of carbonyl (C=O) groups excluding carboxylic acids is 1. The minimum atomic E-state index is -1.03. The number of rotatable bonds is 5. The number of anilines is 1. The van der Waals surface area contributed by atoms with Crippen molar-refractivity contribution in [2.45, 2.75) is 31.8 Å². The minimum absolute atomic E-state index is 0.130. The highest BCUT2D eigenvalue weighted by molar-refractivity contribution is 9.10. The lowest BCUT2D eigenvalue weighted by atomic mass is 10.1. The van der Waals surface area contributed by atoms with E-state index in [0.717, 1.165) is 19.4 Å². The van der Waals surface area contributed by atoms with Gasteiger partial charge in [0.2, 0.25) is 5.91 Å². The van der Waals surface area contributed by atoms with Crippen LogP contribution in [0.15, 0.2) is 22.7 Å². The SMILES string of the molecule is O=C(CCC1CCCO1)Nc1cc(Br)cc(C(=O)O)c1. The molecule has 1 aliphatic rings. The highest BCUT2D eigenvalue weighted by Crippen LogP contribution is 2.21. The molecule has 0 spiro atoms. The topological polar surface area (TPSA) is 75.6 Å². The number of hydrogen-bond acceptors (Lipinski definition) is 3. The van der Waals surface area contributed by atoms with Crippen LogP contribution in [-0.2, 0) is 9.53 Å². The summed E-state index contributed by atoms with van der Waals surface area (Å²) < 4.78 is 6.08. The first-order valence-electron chi connectivity index (χ1n) is 6.50. The number of hydrogen-bond donors (Lipinski definition) is 2. The Morgan fingerprint density at radius 2 is 2.20 bits per heavy atom. The molecule has 1 fully saturated rings. The predicted molar refractivity (Wildman–Crippen MR) is 77.9 cm³/mol. The van der Waals surface area contributed by atoms with Gasteiger partial charge in [-0.3, -0.25) is 4.79 Å². The van der Waals surface area contributed by atoms with E-state index in [1.54, 1.807) is 6.07 Å². The average molecular weight is 342 g/mol. The fraction of sp³-hybridized carbons (Fsp3) is 0.429. The first kappa shape index (κ1) is 15.0. The van der Waals surface area contributed by atoms with E-state index in [4.69, 9.17) is 9.84 Å². The van der Waals surface area contributed by atoms with Crippen molar-refractivity contribution >= 4 is 33.5 Å². The summed E-state index contributed by atoms with van der Waals surface area (Å²) in [4.78, 5) is 22.8. The van der Waals surface area contributed by atoms with Gasteiger partial charge in [-0.1, -0.05) is 15.9 Å². The maximum atomic E-state index is 11.8. The second-order valence-corrected chi connectivity index (χ2v) is 5.67. The lowest BCUT2D eigenvalue weighted by Gasteiger charge is -2.10. The van der Waals surface area contributed by atoms with E-state index in [-0.39, 0.29) is 17.6 Å². The Morgan fingerprint density at radius 1 is 1.40 bits per heavy atom. The van der Waals surface area contributed by atoms with Gasteiger partial charge in [0.05, 0.1) is 11.7 Å². The second kappa shape index (κ2) is 6.85. The van der Waals surface area contributed by atoms with Gasteiger partial charge in [-0.25, -0.2) is 4.79 Å². The summed E-state index contributed by atoms with van der Waals surface area (Å²) in [5.74, 6) is -1.16. The quantitative estimate of drug-likeness (QED) is 0.862. The number of halogens is 1. The summed E-state index contributed by atoms with van der Waals surface area (Å²) in [5.41, 5.74) is 0.614. The Hall–Kier alpha value is -1.40. The first-order valence-corrected chi connectivity index (χ1v) is 7.29. The zero-order valence-electron chi connectivity index (χ0n) is 10.9. The highest BCUT2D eigenvalue weighted by Gasteiger charge is 2.17. The molecule has 1 heterocycles. The molecular weight excluding hydrogens is 326 g/mol. The van der Waals surface area contributed by atoms with Gasteiger partial charge in [0.1, 0.15) is 0 Å². The maximum absolute atomic E-state index is 11.8. The van der Waals surface area contributed by atoms with Gasteiger partial charge >= 0.3 is 5.97 Å². The fourth-order valence-corrected chi connectivity index (χ4v) is 2.67. The Morgan fingerprint density at radius 3 is 2.85 bits per heavy atom. The molecule has 2 rings (SSSR count). The molecule has 1 atom stereocenters. The minimum Gasteiger partial charge on any atom is -0.478 e. The van der Waals surface area contributed by atoms with Crippen LogP contribution in [0.5, 0.6) is 0 Å². The second-order valence-electron chi connectivity index (χ2n) is 4.76. The molecule has 1 amide bonds. The van der Waals surface area contributed by atoms with Crippen LogP contribution < -0.4 is 5.32 Å². The Balaban J connectivity index is 1.91. The van der Waals surface area contributed by atoms with Crippen LogP contribution in [0.2, 0.25) is 0 Å². The molecule has 0 aliphatic carbocycles. The standard InChI is InChI=1S/C14H16BrNO4/c15-10-6-9(14(18)19)7-11(8-10)16-13(17)4-3-12-2-1-5-20-12/h6-8,12H,1-5H2,(H,16,17)(H,18,19). The molecule has 1 aliphatic heterocycles. The molecule has 1 aromatic carbocycles. The molecule has 6 heteroatoms. The molecule has 20 heavy (non-hydrogen) atoms.